The van der Waals surface area contributed by atoms with E-state index in [-0.39, 0.29) is 5.92 Å². The normalized spacial score (nSPS) is 24.0. The van der Waals surface area contributed by atoms with Gasteiger partial charge in [0.15, 0.2) is 0 Å². The maximum atomic E-state index is 9.05. The van der Waals surface area contributed by atoms with E-state index in [1.165, 1.54) is 10.6 Å². The van der Waals surface area contributed by atoms with E-state index in [0.717, 1.165) is 19.3 Å². The van der Waals surface area contributed by atoms with E-state index in [2.05, 4.69) is 29.8 Å². The van der Waals surface area contributed by atoms with Crippen LogP contribution < -0.4 is 5.32 Å². The van der Waals surface area contributed by atoms with Gasteiger partial charge in [-0.25, -0.2) is 0 Å². The van der Waals surface area contributed by atoms with Crippen LogP contribution in [0.15, 0.2) is 29.2 Å². The van der Waals surface area contributed by atoms with Gasteiger partial charge in [0, 0.05) is 16.6 Å². The topological polar surface area (TPSA) is 35.8 Å². The Labute approximate surface area is 101 Å². The van der Waals surface area contributed by atoms with Crippen LogP contribution in [-0.4, -0.2) is 12.3 Å². The highest BCUT2D eigenvalue weighted by atomic mass is 32.2. The summed E-state index contributed by atoms with van der Waals surface area (Å²) in [6.07, 6.45) is 5.39. The molecule has 1 aliphatic rings. The summed E-state index contributed by atoms with van der Waals surface area (Å²) in [6.45, 7) is 0. The molecule has 0 bridgehead atoms. The molecular formula is C13H16N2S. The molecule has 2 rings (SSSR count). The zero-order chi connectivity index (χ0) is 11.4. The Morgan fingerprint density at radius 2 is 2.19 bits per heavy atom. The average Bonchev–Trinajstić information content (AvgIpc) is 2.77. The van der Waals surface area contributed by atoms with Gasteiger partial charge in [-0.3, -0.25) is 0 Å². The highest BCUT2D eigenvalue weighted by Gasteiger charge is 2.27. The summed E-state index contributed by atoms with van der Waals surface area (Å²) >= 11 is 1.74. The summed E-state index contributed by atoms with van der Waals surface area (Å²) in [5.41, 5.74) is 1.17. The van der Waals surface area contributed by atoms with Crippen molar-refractivity contribution in [2.45, 2.75) is 30.2 Å². The Bertz CT molecular complexity index is 397. The number of nitrogens with one attached hydrogen (secondary N) is 1. The van der Waals surface area contributed by atoms with Gasteiger partial charge in [-0.05, 0) is 37.7 Å². The van der Waals surface area contributed by atoms with Crippen molar-refractivity contribution in [2.24, 2.45) is 5.92 Å². The second kappa shape index (κ2) is 5.27. The van der Waals surface area contributed by atoms with E-state index in [9.17, 15) is 0 Å². The third kappa shape index (κ3) is 2.33. The summed E-state index contributed by atoms with van der Waals surface area (Å²) in [4.78, 5) is 1.26. The first-order valence-electron chi connectivity index (χ1n) is 5.64. The van der Waals surface area contributed by atoms with E-state index in [0.29, 0.717) is 6.04 Å². The predicted molar refractivity (Wildman–Crippen MR) is 68.6 cm³/mol. The number of benzene rings is 1. The molecule has 16 heavy (non-hydrogen) atoms. The predicted octanol–water partition coefficient (Wildman–Crippen LogP) is 3.51. The fourth-order valence-electron chi connectivity index (χ4n) is 2.25. The molecule has 84 valence electrons. The smallest absolute Gasteiger partial charge is 0.0677 e. The second-order valence-corrected chi connectivity index (χ2v) is 4.97. The summed E-state index contributed by atoms with van der Waals surface area (Å²) in [7, 11) is 0. The highest BCUT2D eigenvalue weighted by molar-refractivity contribution is 7.98. The highest BCUT2D eigenvalue weighted by Crippen LogP contribution is 2.31. The maximum absolute atomic E-state index is 9.05. The van der Waals surface area contributed by atoms with Gasteiger partial charge in [-0.1, -0.05) is 12.1 Å². The first-order chi connectivity index (χ1) is 7.85. The fraction of sp³-hybridized carbons (Fsp3) is 0.462. The minimum absolute atomic E-state index is 0.176. The molecule has 1 aromatic rings. The molecule has 0 saturated heterocycles. The Kier molecular flexibility index (Phi) is 3.74. The summed E-state index contributed by atoms with van der Waals surface area (Å²) in [5.74, 6) is 0.176. The molecule has 0 heterocycles. The van der Waals surface area contributed by atoms with Crippen molar-refractivity contribution in [1.82, 2.24) is 0 Å². The average molecular weight is 232 g/mol. The molecule has 1 saturated carbocycles. The molecule has 2 nitrogen and oxygen atoms in total. The zero-order valence-corrected chi connectivity index (χ0v) is 10.3. The molecule has 1 aliphatic carbocycles. The van der Waals surface area contributed by atoms with Crippen LogP contribution in [0.1, 0.15) is 19.3 Å². The Balaban J connectivity index is 2.11. The molecule has 0 spiro atoms. The molecular weight excluding hydrogens is 216 g/mol. The van der Waals surface area contributed by atoms with Crippen LogP contribution in [-0.2, 0) is 0 Å². The van der Waals surface area contributed by atoms with Crippen LogP contribution >= 0.6 is 11.8 Å². The van der Waals surface area contributed by atoms with Crippen molar-refractivity contribution in [2.75, 3.05) is 11.6 Å². The minimum Gasteiger partial charge on any atom is -0.380 e. The van der Waals surface area contributed by atoms with Crippen LogP contribution in [0.25, 0.3) is 0 Å². The molecule has 2 atom stereocenters. The van der Waals surface area contributed by atoms with Gasteiger partial charge in [0.05, 0.1) is 12.0 Å². The van der Waals surface area contributed by atoms with Crippen molar-refractivity contribution < 1.29 is 0 Å². The molecule has 3 heteroatoms. The standard InChI is InChI=1S/C13H16N2S/c1-16-13-8-3-2-6-12(13)15-11-7-4-5-10(11)9-14/h2-3,6,8,10-11,15H,4-5,7H2,1H3. The lowest BCUT2D eigenvalue weighted by Gasteiger charge is -2.18. The van der Waals surface area contributed by atoms with Gasteiger partial charge in [-0.2, -0.15) is 5.26 Å². The van der Waals surface area contributed by atoms with Gasteiger partial charge in [0.2, 0.25) is 0 Å². The van der Waals surface area contributed by atoms with Crippen LogP contribution in [0, 0.1) is 17.2 Å². The Morgan fingerprint density at radius 3 is 2.94 bits per heavy atom. The van der Waals surface area contributed by atoms with E-state index in [1.807, 2.05) is 12.1 Å². The minimum atomic E-state index is 0.176. The Hall–Kier alpha value is -1.14. The van der Waals surface area contributed by atoms with E-state index < -0.39 is 0 Å². The number of hydrogen-bond donors (Lipinski definition) is 1. The molecule has 0 aromatic heterocycles. The van der Waals surface area contributed by atoms with E-state index >= 15 is 0 Å². The van der Waals surface area contributed by atoms with Gasteiger partial charge >= 0.3 is 0 Å². The summed E-state index contributed by atoms with van der Waals surface area (Å²) in [5, 5.41) is 12.6. The molecule has 1 aromatic carbocycles. The zero-order valence-electron chi connectivity index (χ0n) is 9.44. The molecule has 0 radical (unpaired) electrons. The van der Waals surface area contributed by atoms with Crippen molar-refractivity contribution in [3.05, 3.63) is 24.3 Å². The Morgan fingerprint density at radius 1 is 1.38 bits per heavy atom. The molecule has 0 amide bonds. The van der Waals surface area contributed by atoms with Crippen LogP contribution in [0.4, 0.5) is 5.69 Å². The van der Waals surface area contributed by atoms with Crippen molar-refractivity contribution >= 4 is 17.4 Å². The van der Waals surface area contributed by atoms with Crippen LogP contribution in [0.2, 0.25) is 0 Å². The lowest BCUT2D eigenvalue weighted by atomic mass is 10.1. The number of nitriles is 1. The number of rotatable bonds is 3. The number of anilines is 1. The van der Waals surface area contributed by atoms with Gasteiger partial charge in [0.1, 0.15) is 0 Å². The first kappa shape index (κ1) is 11.3. The number of thioether (sulfide) groups is 1. The van der Waals surface area contributed by atoms with Gasteiger partial charge in [0.25, 0.3) is 0 Å². The molecule has 1 N–H and O–H groups in total. The van der Waals surface area contributed by atoms with Gasteiger partial charge in [-0.15, -0.1) is 11.8 Å². The monoisotopic (exact) mass is 232 g/mol. The fourth-order valence-corrected chi connectivity index (χ4v) is 2.81. The quantitative estimate of drug-likeness (QED) is 0.810. The first-order valence-corrected chi connectivity index (χ1v) is 6.87. The second-order valence-electron chi connectivity index (χ2n) is 4.12. The van der Waals surface area contributed by atoms with Crippen molar-refractivity contribution in [3.63, 3.8) is 0 Å². The van der Waals surface area contributed by atoms with Crippen LogP contribution in [0.3, 0.4) is 0 Å². The number of nitrogens with zero attached hydrogens (tertiary/aromatic N) is 1. The van der Waals surface area contributed by atoms with Crippen molar-refractivity contribution in [1.29, 1.82) is 5.26 Å². The molecule has 2 unspecified atom stereocenters. The maximum Gasteiger partial charge on any atom is 0.0677 e. The number of para-hydroxylation sites is 1. The largest absolute Gasteiger partial charge is 0.380 e. The van der Waals surface area contributed by atoms with E-state index in [4.69, 9.17) is 5.26 Å². The van der Waals surface area contributed by atoms with Crippen LogP contribution in [0.5, 0.6) is 0 Å². The number of hydrogen-bond acceptors (Lipinski definition) is 3. The van der Waals surface area contributed by atoms with Gasteiger partial charge < -0.3 is 5.32 Å². The summed E-state index contributed by atoms with van der Waals surface area (Å²) < 4.78 is 0. The molecule has 1 fully saturated rings. The lowest BCUT2D eigenvalue weighted by Crippen LogP contribution is -2.23. The SMILES string of the molecule is CSc1ccccc1NC1CCCC1C#N. The summed E-state index contributed by atoms with van der Waals surface area (Å²) in [6, 6.07) is 11.0. The van der Waals surface area contributed by atoms with E-state index in [1.54, 1.807) is 11.8 Å². The third-order valence-corrected chi connectivity index (χ3v) is 3.93. The van der Waals surface area contributed by atoms with Crippen molar-refractivity contribution in [3.8, 4) is 6.07 Å². The molecule has 0 aliphatic heterocycles. The third-order valence-electron chi connectivity index (χ3n) is 3.13. The lowest BCUT2D eigenvalue weighted by molar-refractivity contribution is 0.628.